The number of carbonyl (C=O) groups is 2. The van der Waals surface area contributed by atoms with Gasteiger partial charge < -0.3 is 9.26 Å². The number of pyridine rings is 1. The molecule has 0 spiro atoms. The average Bonchev–Trinajstić information content (AvgIpc) is 3.18. The van der Waals surface area contributed by atoms with Gasteiger partial charge in [0.15, 0.2) is 11.9 Å². The Morgan fingerprint density at radius 3 is 2.80 bits per heavy atom. The Morgan fingerprint density at radius 2 is 2.10 bits per heavy atom. The van der Waals surface area contributed by atoms with Crippen molar-refractivity contribution in [1.29, 1.82) is 0 Å². The molecule has 4 rings (SSSR count). The van der Waals surface area contributed by atoms with Crippen LogP contribution in [0.5, 0.6) is 5.75 Å². The number of amides is 1. The lowest BCUT2D eigenvalue weighted by molar-refractivity contribution is -0.127. The summed E-state index contributed by atoms with van der Waals surface area (Å²) in [5.41, 5.74) is 3.31. The van der Waals surface area contributed by atoms with Crippen molar-refractivity contribution in [3.05, 3.63) is 59.5 Å². The standard InChI is InChI=1S/C23H23N3O4/c1-4-20(23(28)26-13-18(27)12-17-6-5-9-24-22(17)26)29-21-8-7-16(10-14(21)2)19-11-15(3)30-25-19/h5-11,20H,4,12-13H2,1-3H3. The molecule has 0 fully saturated rings. The second-order valence-electron chi connectivity index (χ2n) is 7.44. The Labute approximate surface area is 174 Å². The predicted molar refractivity (Wildman–Crippen MR) is 111 cm³/mol. The van der Waals surface area contributed by atoms with Gasteiger partial charge in [0.2, 0.25) is 0 Å². The monoisotopic (exact) mass is 405 g/mol. The Kier molecular flexibility index (Phi) is 5.35. The van der Waals surface area contributed by atoms with Crippen molar-refractivity contribution < 1.29 is 18.8 Å². The minimum absolute atomic E-state index is 0.0119. The second kappa shape index (κ2) is 8.10. The van der Waals surface area contributed by atoms with Crippen molar-refractivity contribution in [3.8, 4) is 17.0 Å². The molecule has 0 radical (unpaired) electrons. The fraction of sp³-hybridized carbons (Fsp3) is 0.304. The van der Waals surface area contributed by atoms with Crippen LogP contribution in [-0.2, 0) is 16.0 Å². The first-order valence-corrected chi connectivity index (χ1v) is 9.94. The van der Waals surface area contributed by atoms with Crippen LogP contribution < -0.4 is 9.64 Å². The molecule has 0 saturated carbocycles. The summed E-state index contributed by atoms with van der Waals surface area (Å²) < 4.78 is 11.2. The number of anilines is 1. The van der Waals surface area contributed by atoms with Gasteiger partial charge in [0.25, 0.3) is 5.91 Å². The Balaban J connectivity index is 1.56. The molecule has 1 aromatic carbocycles. The van der Waals surface area contributed by atoms with Gasteiger partial charge in [0, 0.05) is 29.8 Å². The van der Waals surface area contributed by atoms with E-state index in [-0.39, 0.29) is 18.2 Å². The van der Waals surface area contributed by atoms with Crippen LogP contribution in [0.1, 0.15) is 30.2 Å². The summed E-state index contributed by atoms with van der Waals surface area (Å²) in [6.07, 6.45) is 1.68. The smallest absolute Gasteiger partial charge is 0.269 e. The summed E-state index contributed by atoms with van der Waals surface area (Å²) in [4.78, 5) is 31.2. The number of Topliss-reactive ketones (excluding diaryl/α,β-unsaturated/α-hetero) is 1. The number of carbonyl (C=O) groups excluding carboxylic acids is 2. The van der Waals surface area contributed by atoms with Gasteiger partial charge in [-0.1, -0.05) is 18.1 Å². The third kappa shape index (κ3) is 3.83. The van der Waals surface area contributed by atoms with Crippen LogP contribution in [0.25, 0.3) is 11.3 Å². The minimum Gasteiger partial charge on any atom is -0.480 e. The number of hydrogen-bond acceptors (Lipinski definition) is 6. The molecular formula is C23H23N3O4. The van der Waals surface area contributed by atoms with E-state index < -0.39 is 6.10 Å². The van der Waals surface area contributed by atoms with Gasteiger partial charge in [0.1, 0.15) is 23.0 Å². The summed E-state index contributed by atoms with van der Waals surface area (Å²) in [6.45, 7) is 5.67. The first kappa shape index (κ1) is 19.8. The molecule has 0 N–H and O–H groups in total. The summed E-state index contributed by atoms with van der Waals surface area (Å²) in [7, 11) is 0. The highest BCUT2D eigenvalue weighted by Crippen LogP contribution is 2.29. The predicted octanol–water partition coefficient (Wildman–Crippen LogP) is 3.67. The molecule has 1 amide bonds. The molecule has 3 heterocycles. The molecule has 154 valence electrons. The van der Waals surface area contributed by atoms with Crippen LogP contribution in [0, 0.1) is 13.8 Å². The van der Waals surface area contributed by atoms with Crippen LogP contribution in [-0.4, -0.2) is 34.5 Å². The molecular weight excluding hydrogens is 382 g/mol. The number of rotatable bonds is 5. The number of aromatic nitrogens is 2. The molecule has 0 saturated heterocycles. The van der Waals surface area contributed by atoms with Crippen molar-refractivity contribution in [2.45, 2.75) is 39.7 Å². The fourth-order valence-electron chi connectivity index (χ4n) is 3.59. The maximum absolute atomic E-state index is 13.2. The molecule has 1 atom stereocenters. The lowest BCUT2D eigenvalue weighted by Crippen LogP contribution is -2.47. The zero-order valence-corrected chi connectivity index (χ0v) is 17.2. The maximum atomic E-state index is 13.2. The Morgan fingerprint density at radius 1 is 1.27 bits per heavy atom. The van der Waals surface area contributed by atoms with Crippen LogP contribution in [0.15, 0.2) is 47.1 Å². The summed E-state index contributed by atoms with van der Waals surface area (Å²) in [6, 6.07) is 11.1. The van der Waals surface area contributed by atoms with E-state index in [9.17, 15) is 9.59 Å². The zero-order valence-electron chi connectivity index (χ0n) is 17.2. The molecule has 7 heteroatoms. The zero-order chi connectivity index (χ0) is 21.3. The normalized spacial score (nSPS) is 14.4. The van der Waals surface area contributed by atoms with E-state index in [1.807, 2.05) is 51.1 Å². The highest BCUT2D eigenvalue weighted by atomic mass is 16.5. The largest absolute Gasteiger partial charge is 0.480 e. The highest BCUT2D eigenvalue weighted by Gasteiger charge is 2.33. The minimum atomic E-state index is -0.718. The molecule has 30 heavy (non-hydrogen) atoms. The van der Waals surface area contributed by atoms with E-state index >= 15 is 0 Å². The van der Waals surface area contributed by atoms with E-state index in [0.717, 1.165) is 28.1 Å². The average molecular weight is 405 g/mol. The number of aryl methyl sites for hydroxylation is 2. The van der Waals surface area contributed by atoms with Crippen LogP contribution >= 0.6 is 0 Å². The van der Waals surface area contributed by atoms with Crippen molar-refractivity contribution in [1.82, 2.24) is 10.1 Å². The molecule has 3 aromatic rings. The second-order valence-corrected chi connectivity index (χ2v) is 7.44. The van der Waals surface area contributed by atoms with Gasteiger partial charge >= 0.3 is 0 Å². The van der Waals surface area contributed by atoms with E-state index in [1.165, 1.54) is 4.90 Å². The van der Waals surface area contributed by atoms with Crippen molar-refractivity contribution in [2.75, 3.05) is 11.4 Å². The number of hydrogen-bond donors (Lipinski definition) is 0. The lowest BCUT2D eigenvalue weighted by Gasteiger charge is -2.30. The molecule has 0 bridgehead atoms. The maximum Gasteiger partial charge on any atom is 0.269 e. The van der Waals surface area contributed by atoms with Gasteiger partial charge in [-0.15, -0.1) is 0 Å². The summed E-state index contributed by atoms with van der Waals surface area (Å²) >= 11 is 0. The Bertz CT molecular complexity index is 1110. The molecule has 1 unspecified atom stereocenters. The first-order chi connectivity index (χ1) is 14.5. The van der Waals surface area contributed by atoms with Gasteiger partial charge in [-0.05, 0) is 50.1 Å². The van der Waals surface area contributed by atoms with Gasteiger partial charge in [-0.2, -0.15) is 0 Å². The van der Waals surface area contributed by atoms with Crippen molar-refractivity contribution in [3.63, 3.8) is 0 Å². The van der Waals surface area contributed by atoms with E-state index in [4.69, 9.17) is 9.26 Å². The lowest BCUT2D eigenvalue weighted by atomic mass is 10.0. The molecule has 2 aromatic heterocycles. The topological polar surface area (TPSA) is 85.5 Å². The fourth-order valence-corrected chi connectivity index (χ4v) is 3.59. The van der Waals surface area contributed by atoms with Crippen molar-refractivity contribution >= 4 is 17.5 Å². The van der Waals surface area contributed by atoms with Crippen LogP contribution in [0.2, 0.25) is 0 Å². The number of ether oxygens (including phenoxy) is 1. The highest BCUT2D eigenvalue weighted by molar-refractivity contribution is 6.04. The van der Waals surface area contributed by atoms with Gasteiger partial charge in [0.05, 0.1) is 6.54 Å². The number of fused-ring (bicyclic) bond motifs is 1. The third-order valence-corrected chi connectivity index (χ3v) is 5.13. The van der Waals surface area contributed by atoms with E-state index in [1.54, 1.807) is 12.3 Å². The first-order valence-electron chi connectivity index (χ1n) is 9.94. The van der Waals surface area contributed by atoms with E-state index in [2.05, 4.69) is 10.1 Å². The number of benzene rings is 1. The molecule has 0 aliphatic carbocycles. The number of nitrogens with zero attached hydrogens (tertiary/aromatic N) is 3. The van der Waals surface area contributed by atoms with Gasteiger partial charge in [-0.3, -0.25) is 14.5 Å². The van der Waals surface area contributed by atoms with Crippen LogP contribution in [0.3, 0.4) is 0 Å². The van der Waals surface area contributed by atoms with E-state index in [0.29, 0.717) is 24.4 Å². The molecule has 7 nitrogen and oxygen atoms in total. The quantitative estimate of drug-likeness (QED) is 0.644. The summed E-state index contributed by atoms with van der Waals surface area (Å²) in [5.74, 6) is 1.62. The van der Waals surface area contributed by atoms with Crippen molar-refractivity contribution in [2.24, 2.45) is 0 Å². The molecule has 1 aliphatic heterocycles. The van der Waals surface area contributed by atoms with Crippen LogP contribution in [0.4, 0.5) is 5.82 Å². The summed E-state index contributed by atoms with van der Waals surface area (Å²) in [5, 5.41) is 4.04. The SMILES string of the molecule is CCC(Oc1ccc(-c2cc(C)on2)cc1C)C(=O)N1CC(=O)Cc2cccnc21. The third-order valence-electron chi connectivity index (χ3n) is 5.13. The number of ketones is 1. The van der Waals surface area contributed by atoms with Gasteiger partial charge in [-0.25, -0.2) is 4.98 Å². The Hall–Kier alpha value is -3.48. The molecule has 1 aliphatic rings.